The molecule has 0 spiro atoms. The van der Waals surface area contributed by atoms with Crippen LogP contribution in [0.3, 0.4) is 0 Å². The lowest BCUT2D eigenvalue weighted by molar-refractivity contribution is -0.384. The molecular formula is C28H31N9O7. The molecule has 0 aliphatic carbocycles. The molecule has 5 rings (SSSR count). The molecule has 16 heteroatoms. The van der Waals surface area contributed by atoms with Crippen molar-refractivity contribution in [3.05, 3.63) is 63.0 Å². The van der Waals surface area contributed by atoms with E-state index >= 15 is 0 Å². The van der Waals surface area contributed by atoms with Gasteiger partial charge in [-0.2, -0.15) is 5.10 Å². The summed E-state index contributed by atoms with van der Waals surface area (Å²) in [6, 6.07) is 6.92. The predicted octanol–water partition coefficient (Wildman–Crippen LogP) is 2.75. The molecule has 1 aliphatic rings. The van der Waals surface area contributed by atoms with Crippen molar-refractivity contribution < 1.29 is 28.8 Å². The van der Waals surface area contributed by atoms with Gasteiger partial charge in [-0.05, 0) is 51.0 Å². The molecular weight excluding hydrogens is 574 g/mol. The van der Waals surface area contributed by atoms with E-state index in [9.17, 15) is 24.5 Å². The summed E-state index contributed by atoms with van der Waals surface area (Å²) in [4.78, 5) is 52.7. The number of carbonyl (C=O) groups excluding carboxylic acids is 3. The minimum absolute atomic E-state index is 0.0486. The molecule has 3 heterocycles. The molecule has 0 saturated carbocycles. The highest BCUT2D eigenvalue weighted by Gasteiger charge is 2.30. The van der Waals surface area contributed by atoms with E-state index in [2.05, 4.69) is 20.7 Å². The highest BCUT2D eigenvalue weighted by molar-refractivity contribution is 6.04. The van der Waals surface area contributed by atoms with Crippen molar-refractivity contribution >= 4 is 46.1 Å². The second kappa shape index (κ2) is 11.9. The van der Waals surface area contributed by atoms with E-state index < -0.39 is 22.6 Å². The van der Waals surface area contributed by atoms with Crippen molar-refractivity contribution in [2.24, 2.45) is 11.5 Å². The van der Waals surface area contributed by atoms with Crippen LogP contribution in [0.15, 0.2) is 30.3 Å². The largest absolute Gasteiger partial charge is 0.494 e. The fourth-order valence-corrected chi connectivity index (χ4v) is 5.27. The molecule has 4 aromatic rings. The van der Waals surface area contributed by atoms with Crippen LogP contribution < -0.4 is 31.6 Å². The number of amides is 3. The number of benzene rings is 2. The minimum Gasteiger partial charge on any atom is -0.494 e. The zero-order chi connectivity index (χ0) is 31.7. The number of methoxy groups -OCH3 is 1. The Morgan fingerprint density at radius 1 is 1.16 bits per heavy atom. The van der Waals surface area contributed by atoms with Crippen molar-refractivity contribution in [3.63, 3.8) is 0 Å². The van der Waals surface area contributed by atoms with E-state index in [1.54, 1.807) is 29.8 Å². The number of carbonyl (C=O) groups is 3. The van der Waals surface area contributed by atoms with Gasteiger partial charge in [-0.25, -0.2) is 4.98 Å². The Morgan fingerprint density at radius 2 is 1.89 bits per heavy atom. The molecule has 0 unspecified atom stereocenters. The Labute approximate surface area is 250 Å². The summed E-state index contributed by atoms with van der Waals surface area (Å²) in [5.74, 6) is -1.09. The van der Waals surface area contributed by atoms with Crippen LogP contribution in [0.5, 0.6) is 11.5 Å². The molecule has 2 aromatic carbocycles. The normalized spacial score (nSPS) is 13.8. The van der Waals surface area contributed by atoms with Gasteiger partial charge in [0, 0.05) is 30.3 Å². The van der Waals surface area contributed by atoms with E-state index in [4.69, 9.17) is 20.9 Å². The first-order valence-corrected chi connectivity index (χ1v) is 13.8. The molecule has 6 N–H and O–H groups in total. The second-order valence-corrected chi connectivity index (χ2v) is 10.2. The van der Waals surface area contributed by atoms with Gasteiger partial charge in [0.2, 0.25) is 17.8 Å². The number of hydrogen-bond acceptors (Lipinski definition) is 10. The molecule has 0 saturated heterocycles. The average Bonchev–Trinajstić information content (AvgIpc) is 3.56. The third-order valence-electron chi connectivity index (χ3n) is 7.29. The number of anilines is 2. The number of nitrogens with zero attached hydrogens (tertiary/aromatic N) is 5. The first-order chi connectivity index (χ1) is 21.0. The van der Waals surface area contributed by atoms with Crippen LogP contribution in [0.2, 0.25) is 0 Å². The number of nitro groups is 1. The number of aryl methyl sites for hydroxylation is 2. The molecule has 0 bridgehead atoms. The van der Waals surface area contributed by atoms with Crippen LogP contribution in [0, 0.1) is 17.0 Å². The Kier molecular flexibility index (Phi) is 8.07. The maximum absolute atomic E-state index is 13.3. The van der Waals surface area contributed by atoms with Crippen LogP contribution in [0.1, 0.15) is 62.7 Å². The molecule has 1 atom stereocenters. The molecule has 3 amide bonds. The van der Waals surface area contributed by atoms with Gasteiger partial charge in [0.15, 0.2) is 5.69 Å². The van der Waals surface area contributed by atoms with E-state index in [0.717, 1.165) is 6.07 Å². The Hall–Kier alpha value is -5.67. The number of nitro benzene ring substituents is 1. The molecule has 0 fully saturated rings. The van der Waals surface area contributed by atoms with Crippen LogP contribution >= 0.6 is 0 Å². The van der Waals surface area contributed by atoms with Crippen LogP contribution in [0.25, 0.3) is 11.0 Å². The van der Waals surface area contributed by atoms with Crippen LogP contribution in [-0.2, 0) is 6.54 Å². The first-order valence-electron chi connectivity index (χ1n) is 13.8. The number of aromatic nitrogens is 4. The maximum atomic E-state index is 13.3. The van der Waals surface area contributed by atoms with Gasteiger partial charge >= 0.3 is 0 Å². The molecule has 2 aromatic heterocycles. The molecule has 44 heavy (non-hydrogen) atoms. The molecule has 1 aliphatic heterocycles. The summed E-state index contributed by atoms with van der Waals surface area (Å²) in [5, 5.41) is 22.0. The van der Waals surface area contributed by atoms with Crippen LogP contribution in [0.4, 0.5) is 17.3 Å². The number of ether oxygens (including phenoxy) is 2. The van der Waals surface area contributed by atoms with Gasteiger partial charge in [-0.3, -0.25) is 34.5 Å². The van der Waals surface area contributed by atoms with E-state index in [1.165, 1.54) is 13.2 Å². The first kappa shape index (κ1) is 29.8. The number of hydrogen-bond donors (Lipinski definition) is 4. The number of nitrogens with two attached hydrogens (primary N) is 2. The zero-order valence-corrected chi connectivity index (χ0v) is 24.2. The Morgan fingerprint density at radius 3 is 2.55 bits per heavy atom. The van der Waals surface area contributed by atoms with Gasteiger partial charge in [0.25, 0.3) is 11.6 Å². The number of imidazole rings is 1. The third kappa shape index (κ3) is 5.56. The molecule has 230 valence electrons. The fourth-order valence-electron chi connectivity index (χ4n) is 5.27. The third-order valence-corrected chi connectivity index (χ3v) is 7.29. The Balaban J connectivity index is 1.42. The van der Waals surface area contributed by atoms with Gasteiger partial charge in [0.1, 0.15) is 29.3 Å². The van der Waals surface area contributed by atoms with Crippen molar-refractivity contribution in [1.29, 1.82) is 0 Å². The molecule has 0 radical (unpaired) electrons. The lowest BCUT2D eigenvalue weighted by Crippen LogP contribution is -2.26. The lowest BCUT2D eigenvalue weighted by Gasteiger charge is -2.27. The minimum atomic E-state index is -0.817. The molecule has 16 nitrogen and oxygen atoms in total. The average molecular weight is 606 g/mol. The second-order valence-electron chi connectivity index (χ2n) is 10.2. The van der Waals surface area contributed by atoms with E-state index in [1.807, 2.05) is 11.5 Å². The van der Waals surface area contributed by atoms with Crippen molar-refractivity contribution in [2.45, 2.75) is 39.3 Å². The number of nitrogens with one attached hydrogen (secondary N) is 2. The summed E-state index contributed by atoms with van der Waals surface area (Å²) < 4.78 is 14.8. The summed E-state index contributed by atoms with van der Waals surface area (Å²) >= 11 is 0. The highest BCUT2D eigenvalue weighted by Crippen LogP contribution is 2.39. The van der Waals surface area contributed by atoms with E-state index in [0.29, 0.717) is 54.1 Å². The fraction of sp³-hybridized carbons (Fsp3) is 0.321. The topological polar surface area (TPSA) is 225 Å². The van der Waals surface area contributed by atoms with Crippen molar-refractivity contribution in [1.82, 2.24) is 19.3 Å². The van der Waals surface area contributed by atoms with E-state index in [-0.39, 0.29) is 46.8 Å². The lowest BCUT2D eigenvalue weighted by atomic mass is 10.1. The summed E-state index contributed by atoms with van der Waals surface area (Å²) in [6.07, 6.45) is 1.02. The SMILES string of the molecule is CCn1nc(C)cc1C(=O)Nc1nc2cc(C(N)=O)cc3c2n1[C@@H](CCCNc1c(OC)cc(C(N)=O)cc1[N+](=O)[O-])CO3. The van der Waals surface area contributed by atoms with Gasteiger partial charge < -0.3 is 30.8 Å². The van der Waals surface area contributed by atoms with Crippen molar-refractivity contribution in [2.75, 3.05) is 30.9 Å². The standard InChI is InChI=1S/C28H31N9O7/c1-4-35-20(8-14(2)34-35)27(40)33-28-32-18-9-15(25(29)38)12-22-24(18)36(28)17(13-44-22)6-5-7-31-23-19(37(41)42)10-16(26(30)39)11-21(23)43-3/h8-12,17,31H,4-7,13H2,1-3H3,(H2,29,38)(H2,30,39)(H,32,33,40)/t17-/m0/s1. The van der Waals surface area contributed by atoms with Gasteiger partial charge in [-0.1, -0.05) is 0 Å². The van der Waals surface area contributed by atoms with Gasteiger partial charge in [0.05, 0.1) is 29.3 Å². The van der Waals surface area contributed by atoms with Gasteiger partial charge in [-0.15, -0.1) is 0 Å². The zero-order valence-electron chi connectivity index (χ0n) is 24.2. The maximum Gasteiger partial charge on any atom is 0.296 e. The Bertz CT molecular complexity index is 1810. The van der Waals surface area contributed by atoms with Crippen molar-refractivity contribution in [3.8, 4) is 11.5 Å². The predicted molar refractivity (Wildman–Crippen MR) is 159 cm³/mol. The summed E-state index contributed by atoms with van der Waals surface area (Å²) in [7, 11) is 1.34. The summed E-state index contributed by atoms with van der Waals surface area (Å²) in [6.45, 7) is 4.67. The van der Waals surface area contributed by atoms with Crippen LogP contribution in [-0.4, -0.2) is 62.2 Å². The summed E-state index contributed by atoms with van der Waals surface area (Å²) in [5.41, 5.74) is 12.9. The monoisotopic (exact) mass is 605 g/mol. The number of rotatable bonds is 12. The quantitative estimate of drug-likeness (QED) is 0.105. The highest BCUT2D eigenvalue weighted by atomic mass is 16.6. The number of primary amides is 2. The smallest absolute Gasteiger partial charge is 0.296 e.